The van der Waals surface area contributed by atoms with E-state index in [2.05, 4.69) is 5.32 Å². The van der Waals surface area contributed by atoms with Crippen molar-refractivity contribution in [3.63, 3.8) is 0 Å². The summed E-state index contributed by atoms with van der Waals surface area (Å²) in [6, 6.07) is 4.07. The van der Waals surface area contributed by atoms with Crippen LogP contribution in [0, 0.1) is 11.3 Å². The Morgan fingerprint density at radius 2 is 2.05 bits per heavy atom. The summed E-state index contributed by atoms with van der Waals surface area (Å²) in [4.78, 5) is 0. The first-order valence-electron chi connectivity index (χ1n) is 5.50. The highest BCUT2D eigenvalue weighted by atomic mass is 32.2. The number of alkyl halides is 3. The summed E-state index contributed by atoms with van der Waals surface area (Å²) in [5.74, 6) is -0.200. The molecule has 0 saturated heterocycles. The molecule has 0 spiro atoms. The molecule has 1 aliphatic rings. The normalized spacial score (nSPS) is 20.6. The van der Waals surface area contributed by atoms with E-state index < -0.39 is 33.2 Å². The summed E-state index contributed by atoms with van der Waals surface area (Å²) in [6.45, 7) is 0. The maximum atomic E-state index is 12.8. The van der Waals surface area contributed by atoms with Crippen molar-refractivity contribution in [2.24, 2.45) is 0 Å². The largest absolute Gasteiger partial charge is 0.417 e. The second-order valence-electron chi connectivity index (χ2n) is 4.28. The zero-order chi connectivity index (χ0) is 15.0. The van der Waals surface area contributed by atoms with Crippen LogP contribution in [0.15, 0.2) is 29.7 Å². The van der Waals surface area contributed by atoms with Crippen molar-refractivity contribution in [1.82, 2.24) is 0 Å². The molecular formula is C12H9F3N2O2S. The molecule has 1 aromatic rings. The zero-order valence-electron chi connectivity index (χ0n) is 9.98. The Balaban J connectivity index is 2.27. The number of nitrogens with one attached hydrogen (secondary N) is 1. The molecule has 0 fully saturated rings. The van der Waals surface area contributed by atoms with Gasteiger partial charge in [-0.3, -0.25) is 0 Å². The van der Waals surface area contributed by atoms with Gasteiger partial charge in [-0.1, -0.05) is 6.08 Å². The monoisotopic (exact) mass is 302 g/mol. The number of rotatable bonds is 2. The molecule has 1 aliphatic heterocycles. The molecule has 0 saturated carbocycles. The molecule has 1 atom stereocenters. The summed E-state index contributed by atoms with van der Waals surface area (Å²) < 4.78 is 60.7. The van der Waals surface area contributed by atoms with Gasteiger partial charge in [0.25, 0.3) is 0 Å². The van der Waals surface area contributed by atoms with Crippen molar-refractivity contribution >= 4 is 15.5 Å². The SMILES string of the molecule is N#Cc1ccc(NC2C=CS(=O)(=O)C2)cc1C(F)(F)F. The van der Waals surface area contributed by atoms with E-state index in [1.807, 2.05) is 0 Å². The lowest BCUT2D eigenvalue weighted by molar-refractivity contribution is -0.137. The Labute approximate surface area is 113 Å². The van der Waals surface area contributed by atoms with Gasteiger partial charge in [0.15, 0.2) is 9.84 Å². The minimum absolute atomic E-state index is 0.114. The van der Waals surface area contributed by atoms with Crippen LogP contribution in [0.5, 0.6) is 0 Å². The Bertz CT molecular complexity index is 702. The van der Waals surface area contributed by atoms with Crippen LogP contribution >= 0.6 is 0 Å². The first-order valence-corrected chi connectivity index (χ1v) is 7.22. The van der Waals surface area contributed by atoms with Gasteiger partial charge in [-0.05, 0) is 18.2 Å². The fourth-order valence-corrected chi connectivity index (χ4v) is 3.08. The van der Waals surface area contributed by atoms with Gasteiger partial charge in [-0.15, -0.1) is 0 Å². The van der Waals surface area contributed by atoms with Crippen LogP contribution in [0.3, 0.4) is 0 Å². The van der Waals surface area contributed by atoms with Crippen LogP contribution in [0.1, 0.15) is 11.1 Å². The topological polar surface area (TPSA) is 70.0 Å². The van der Waals surface area contributed by atoms with Crippen molar-refractivity contribution in [2.45, 2.75) is 12.2 Å². The summed E-state index contributed by atoms with van der Waals surface area (Å²) >= 11 is 0. The molecule has 0 aromatic heterocycles. The number of hydrogen-bond donors (Lipinski definition) is 1. The van der Waals surface area contributed by atoms with Crippen molar-refractivity contribution in [1.29, 1.82) is 5.26 Å². The summed E-state index contributed by atoms with van der Waals surface area (Å²) in [6.07, 6.45) is -3.26. The van der Waals surface area contributed by atoms with Gasteiger partial charge in [0.2, 0.25) is 0 Å². The van der Waals surface area contributed by atoms with Crippen molar-refractivity contribution < 1.29 is 21.6 Å². The van der Waals surface area contributed by atoms with Gasteiger partial charge < -0.3 is 5.32 Å². The van der Waals surface area contributed by atoms with Gasteiger partial charge in [-0.2, -0.15) is 18.4 Å². The molecule has 1 heterocycles. The predicted octanol–water partition coefficient (Wildman–Crippen LogP) is 2.30. The fourth-order valence-electron chi connectivity index (χ4n) is 1.85. The standard InChI is InChI=1S/C12H9F3N2O2S/c13-12(14,15)11-5-9(2-1-8(11)6-16)17-10-3-4-20(18,19)7-10/h1-5,10,17H,7H2. The molecule has 1 unspecified atom stereocenters. The number of sulfone groups is 1. The Hall–Kier alpha value is -2.01. The van der Waals surface area contributed by atoms with Gasteiger partial charge >= 0.3 is 6.18 Å². The maximum Gasteiger partial charge on any atom is 0.417 e. The van der Waals surface area contributed by atoms with Crippen molar-refractivity contribution in [3.8, 4) is 6.07 Å². The highest BCUT2D eigenvalue weighted by Gasteiger charge is 2.34. The van der Waals surface area contributed by atoms with Crippen LogP contribution in [-0.4, -0.2) is 20.2 Å². The molecule has 106 valence electrons. The van der Waals surface area contributed by atoms with E-state index >= 15 is 0 Å². The number of halogens is 3. The van der Waals surface area contributed by atoms with Crippen LogP contribution in [0.4, 0.5) is 18.9 Å². The Morgan fingerprint density at radius 1 is 1.35 bits per heavy atom. The molecule has 8 heteroatoms. The quantitative estimate of drug-likeness (QED) is 0.910. The second kappa shape index (κ2) is 4.83. The van der Waals surface area contributed by atoms with E-state index in [9.17, 15) is 21.6 Å². The average molecular weight is 302 g/mol. The minimum Gasteiger partial charge on any atom is -0.378 e. The van der Waals surface area contributed by atoms with Gasteiger partial charge in [-0.25, -0.2) is 8.42 Å². The highest BCUT2D eigenvalue weighted by Crippen LogP contribution is 2.33. The van der Waals surface area contributed by atoms with E-state index in [0.29, 0.717) is 0 Å². The first-order chi connectivity index (χ1) is 9.21. The Morgan fingerprint density at radius 3 is 2.55 bits per heavy atom. The second-order valence-corrected chi connectivity index (χ2v) is 6.21. The number of nitriles is 1. The van der Waals surface area contributed by atoms with Crippen molar-refractivity contribution in [3.05, 3.63) is 40.8 Å². The van der Waals surface area contributed by atoms with E-state index in [1.54, 1.807) is 0 Å². The number of anilines is 1. The molecule has 0 radical (unpaired) electrons. The van der Waals surface area contributed by atoms with E-state index in [4.69, 9.17) is 5.26 Å². The smallest absolute Gasteiger partial charge is 0.378 e. The average Bonchev–Trinajstić information content (AvgIpc) is 2.67. The molecule has 2 rings (SSSR count). The van der Waals surface area contributed by atoms with Crippen LogP contribution < -0.4 is 5.32 Å². The van der Waals surface area contributed by atoms with Crippen LogP contribution in [0.25, 0.3) is 0 Å². The first kappa shape index (κ1) is 14.4. The Kier molecular flexibility index (Phi) is 3.48. The lowest BCUT2D eigenvalue weighted by atomic mass is 10.1. The predicted molar refractivity (Wildman–Crippen MR) is 66.5 cm³/mol. The molecule has 0 amide bonds. The van der Waals surface area contributed by atoms with Gasteiger partial charge in [0.1, 0.15) is 0 Å². The fraction of sp³-hybridized carbons (Fsp3) is 0.250. The molecule has 0 aliphatic carbocycles. The number of benzene rings is 1. The van der Waals surface area contributed by atoms with E-state index in [1.165, 1.54) is 18.2 Å². The zero-order valence-corrected chi connectivity index (χ0v) is 10.8. The van der Waals surface area contributed by atoms with Crippen LogP contribution in [0.2, 0.25) is 0 Å². The van der Waals surface area contributed by atoms with E-state index in [-0.39, 0.29) is 11.4 Å². The third-order valence-corrected chi connectivity index (χ3v) is 4.12. The molecule has 4 nitrogen and oxygen atoms in total. The van der Waals surface area contributed by atoms with E-state index in [0.717, 1.165) is 17.5 Å². The molecule has 1 aromatic carbocycles. The lowest BCUT2D eigenvalue weighted by Gasteiger charge is -2.15. The lowest BCUT2D eigenvalue weighted by Crippen LogP contribution is -2.21. The molecule has 20 heavy (non-hydrogen) atoms. The highest BCUT2D eigenvalue weighted by molar-refractivity contribution is 7.94. The summed E-state index contributed by atoms with van der Waals surface area (Å²) in [5.41, 5.74) is -1.41. The number of nitrogens with zero attached hydrogens (tertiary/aromatic N) is 1. The number of hydrogen-bond acceptors (Lipinski definition) is 4. The minimum atomic E-state index is -4.64. The summed E-state index contributed by atoms with van der Waals surface area (Å²) in [7, 11) is -3.28. The maximum absolute atomic E-state index is 12.8. The van der Waals surface area contributed by atoms with Gasteiger partial charge in [0.05, 0.1) is 29.0 Å². The molecule has 0 bridgehead atoms. The van der Waals surface area contributed by atoms with Crippen molar-refractivity contribution in [2.75, 3.05) is 11.1 Å². The summed E-state index contributed by atoms with van der Waals surface area (Å²) in [5, 5.41) is 12.4. The third kappa shape index (κ3) is 3.11. The van der Waals surface area contributed by atoms with Gasteiger partial charge in [0, 0.05) is 11.1 Å². The third-order valence-electron chi connectivity index (χ3n) is 2.73. The molecular weight excluding hydrogens is 293 g/mol. The van der Waals surface area contributed by atoms with Crippen LogP contribution in [-0.2, 0) is 16.0 Å². The molecule has 1 N–H and O–H groups in total.